The summed E-state index contributed by atoms with van der Waals surface area (Å²) in [7, 11) is 0. The minimum atomic E-state index is 0.341. The molecule has 0 spiro atoms. The molecule has 4 aromatic rings. The number of H-pyrrole nitrogens is 1. The molecular weight excluding hydrogens is 405 g/mol. The number of hydrogen-bond donors (Lipinski definition) is 1. The van der Waals surface area contributed by atoms with Crippen LogP contribution in [0.4, 0.5) is 0 Å². The van der Waals surface area contributed by atoms with Gasteiger partial charge in [0.25, 0.3) is 0 Å². The molecule has 6 heteroatoms. The zero-order chi connectivity index (χ0) is 20.2. The number of nitriles is 1. The molecule has 4 rings (SSSR count). The molecule has 0 saturated heterocycles. The maximum Gasteiger partial charge on any atom is 0.149 e. The predicted molar refractivity (Wildman–Crippen MR) is 117 cm³/mol. The van der Waals surface area contributed by atoms with Gasteiger partial charge >= 0.3 is 0 Å². The maximum absolute atomic E-state index is 9.55. The SMILES string of the molecule is N#C/C(=C/c1ccc(OCc2ccc(Cl)cc2Cl)cc1)c1nc2ccccc2[nH]1. The summed E-state index contributed by atoms with van der Waals surface area (Å²) in [6, 6.07) is 22.7. The van der Waals surface area contributed by atoms with Crippen molar-refractivity contribution in [1.82, 2.24) is 9.97 Å². The molecule has 0 aliphatic heterocycles. The van der Waals surface area contributed by atoms with Crippen LogP contribution in [0.1, 0.15) is 17.0 Å². The van der Waals surface area contributed by atoms with E-state index in [1.165, 1.54) is 0 Å². The number of imidazole rings is 1. The first kappa shape index (κ1) is 19.1. The molecule has 0 fully saturated rings. The number of benzene rings is 3. The summed E-state index contributed by atoms with van der Waals surface area (Å²) in [5.41, 5.74) is 3.92. The van der Waals surface area contributed by atoms with Crippen LogP contribution >= 0.6 is 23.2 Å². The molecule has 0 bridgehead atoms. The summed E-state index contributed by atoms with van der Waals surface area (Å²) in [6.45, 7) is 0.341. The number of nitrogens with one attached hydrogen (secondary N) is 1. The van der Waals surface area contributed by atoms with Crippen LogP contribution in [0.25, 0.3) is 22.7 Å². The number of halogens is 2. The first-order valence-electron chi connectivity index (χ1n) is 8.86. The molecular formula is C23H15Cl2N3O. The number of para-hydroxylation sites is 2. The van der Waals surface area contributed by atoms with Crippen molar-refractivity contribution in [3.63, 3.8) is 0 Å². The van der Waals surface area contributed by atoms with Crippen molar-refractivity contribution in [2.24, 2.45) is 0 Å². The van der Waals surface area contributed by atoms with Gasteiger partial charge in [-0.2, -0.15) is 5.26 Å². The number of ether oxygens (including phenoxy) is 1. The second kappa shape index (κ2) is 8.40. The molecule has 0 aliphatic carbocycles. The Morgan fingerprint density at radius 3 is 2.59 bits per heavy atom. The Hall–Kier alpha value is -3.26. The van der Waals surface area contributed by atoms with E-state index in [0.717, 1.165) is 22.2 Å². The Labute approximate surface area is 178 Å². The third-order valence-electron chi connectivity index (χ3n) is 4.37. The van der Waals surface area contributed by atoms with Crippen LogP contribution in [-0.4, -0.2) is 9.97 Å². The van der Waals surface area contributed by atoms with E-state index in [0.29, 0.717) is 33.8 Å². The zero-order valence-electron chi connectivity index (χ0n) is 15.2. The van der Waals surface area contributed by atoms with E-state index in [4.69, 9.17) is 27.9 Å². The number of hydrogen-bond acceptors (Lipinski definition) is 3. The summed E-state index contributed by atoms with van der Waals surface area (Å²) < 4.78 is 5.79. The van der Waals surface area contributed by atoms with Crippen molar-refractivity contribution in [3.8, 4) is 11.8 Å². The number of aromatic amines is 1. The maximum atomic E-state index is 9.55. The van der Waals surface area contributed by atoms with Crippen molar-refractivity contribution < 1.29 is 4.74 Å². The minimum absolute atomic E-state index is 0.341. The van der Waals surface area contributed by atoms with Crippen molar-refractivity contribution in [2.45, 2.75) is 6.61 Å². The van der Waals surface area contributed by atoms with Crippen LogP contribution in [0.15, 0.2) is 66.7 Å². The Balaban J connectivity index is 1.49. The van der Waals surface area contributed by atoms with E-state index >= 15 is 0 Å². The van der Waals surface area contributed by atoms with Gasteiger partial charge in [0.15, 0.2) is 0 Å². The number of aromatic nitrogens is 2. The lowest BCUT2D eigenvalue weighted by Gasteiger charge is -2.08. The highest BCUT2D eigenvalue weighted by molar-refractivity contribution is 6.35. The first-order valence-corrected chi connectivity index (χ1v) is 9.62. The number of fused-ring (bicyclic) bond motifs is 1. The largest absolute Gasteiger partial charge is 0.489 e. The van der Waals surface area contributed by atoms with Crippen LogP contribution in [0.3, 0.4) is 0 Å². The van der Waals surface area contributed by atoms with E-state index in [1.807, 2.05) is 54.6 Å². The van der Waals surface area contributed by atoms with Gasteiger partial charge < -0.3 is 9.72 Å². The predicted octanol–water partition coefficient (Wildman–Crippen LogP) is 6.51. The minimum Gasteiger partial charge on any atom is -0.489 e. The van der Waals surface area contributed by atoms with Crippen LogP contribution in [0, 0.1) is 11.3 Å². The molecule has 1 heterocycles. The van der Waals surface area contributed by atoms with Gasteiger partial charge in [-0.25, -0.2) is 4.98 Å². The Kier molecular flexibility index (Phi) is 5.53. The fourth-order valence-corrected chi connectivity index (χ4v) is 3.32. The van der Waals surface area contributed by atoms with E-state index < -0.39 is 0 Å². The lowest BCUT2D eigenvalue weighted by Crippen LogP contribution is -1.96. The Bertz CT molecular complexity index is 1200. The molecule has 1 aromatic heterocycles. The van der Waals surface area contributed by atoms with Gasteiger partial charge in [-0.05, 0) is 48.0 Å². The Morgan fingerprint density at radius 1 is 1.07 bits per heavy atom. The second-order valence-corrected chi connectivity index (χ2v) is 7.21. The molecule has 0 aliphatic rings. The zero-order valence-corrected chi connectivity index (χ0v) is 16.7. The average molecular weight is 420 g/mol. The van der Waals surface area contributed by atoms with Crippen molar-refractivity contribution in [3.05, 3.63) is 93.7 Å². The second-order valence-electron chi connectivity index (χ2n) is 6.37. The summed E-state index contributed by atoms with van der Waals surface area (Å²) in [5.74, 6) is 1.25. The topological polar surface area (TPSA) is 61.7 Å². The average Bonchev–Trinajstić information content (AvgIpc) is 3.16. The van der Waals surface area contributed by atoms with E-state index in [9.17, 15) is 5.26 Å². The van der Waals surface area contributed by atoms with E-state index in [2.05, 4.69) is 16.0 Å². The number of allylic oxidation sites excluding steroid dienone is 1. The summed E-state index contributed by atoms with van der Waals surface area (Å²) in [5, 5.41) is 10.7. The van der Waals surface area contributed by atoms with Gasteiger partial charge in [0.2, 0.25) is 0 Å². The highest BCUT2D eigenvalue weighted by Gasteiger charge is 2.08. The lowest BCUT2D eigenvalue weighted by molar-refractivity contribution is 0.306. The third-order valence-corrected chi connectivity index (χ3v) is 4.95. The van der Waals surface area contributed by atoms with Crippen LogP contribution in [0.5, 0.6) is 5.75 Å². The molecule has 3 aromatic carbocycles. The van der Waals surface area contributed by atoms with Gasteiger partial charge in [-0.1, -0.05) is 53.5 Å². The van der Waals surface area contributed by atoms with E-state index in [-0.39, 0.29) is 0 Å². The normalized spacial score (nSPS) is 11.4. The molecule has 0 atom stereocenters. The summed E-state index contributed by atoms with van der Waals surface area (Å²) in [4.78, 5) is 7.66. The van der Waals surface area contributed by atoms with Crippen LogP contribution < -0.4 is 4.74 Å². The lowest BCUT2D eigenvalue weighted by atomic mass is 10.1. The van der Waals surface area contributed by atoms with Gasteiger partial charge in [0.05, 0.1) is 16.6 Å². The van der Waals surface area contributed by atoms with Crippen LogP contribution in [-0.2, 0) is 6.61 Å². The molecule has 0 amide bonds. The molecule has 0 radical (unpaired) electrons. The van der Waals surface area contributed by atoms with Crippen molar-refractivity contribution in [2.75, 3.05) is 0 Å². The van der Waals surface area contributed by atoms with E-state index in [1.54, 1.807) is 18.2 Å². The fourth-order valence-electron chi connectivity index (χ4n) is 2.86. The molecule has 1 N–H and O–H groups in total. The van der Waals surface area contributed by atoms with Crippen molar-refractivity contribution in [1.29, 1.82) is 5.26 Å². The van der Waals surface area contributed by atoms with Crippen LogP contribution in [0.2, 0.25) is 10.0 Å². The van der Waals surface area contributed by atoms with Gasteiger partial charge in [-0.3, -0.25) is 0 Å². The Morgan fingerprint density at radius 2 is 1.86 bits per heavy atom. The highest BCUT2D eigenvalue weighted by atomic mass is 35.5. The van der Waals surface area contributed by atoms with Gasteiger partial charge in [-0.15, -0.1) is 0 Å². The third kappa shape index (κ3) is 4.43. The monoisotopic (exact) mass is 419 g/mol. The number of rotatable bonds is 5. The van der Waals surface area contributed by atoms with Crippen molar-refractivity contribution >= 4 is 45.9 Å². The standard InChI is InChI=1S/C23H15Cl2N3O/c24-18-8-7-16(20(25)12-18)14-29-19-9-5-15(6-10-19)11-17(13-26)23-27-21-3-1-2-4-22(21)28-23/h1-12H,14H2,(H,27,28)/b17-11-. The highest BCUT2D eigenvalue weighted by Crippen LogP contribution is 2.24. The molecule has 0 saturated carbocycles. The van der Waals surface area contributed by atoms with Gasteiger partial charge in [0, 0.05) is 15.6 Å². The summed E-state index contributed by atoms with van der Waals surface area (Å²) in [6.07, 6.45) is 1.79. The molecule has 4 nitrogen and oxygen atoms in total. The molecule has 142 valence electrons. The van der Waals surface area contributed by atoms with Gasteiger partial charge in [0.1, 0.15) is 24.3 Å². The fraction of sp³-hybridized carbons (Fsp3) is 0.0435. The molecule has 0 unspecified atom stereocenters. The quantitative estimate of drug-likeness (QED) is 0.374. The first-order chi connectivity index (χ1) is 14.1. The molecule has 29 heavy (non-hydrogen) atoms. The number of nitrogens with zero attached hydrogens (tertiary/aromatic N) is 2. The smallest absolute Gasteiger partial charge is 0.149 e. The summed E-state index contributed by atoms with van der Waals surface area (Å²) >= 11 is 12.1.